The number of nitrogens with two attached hydrogens (primary N) is 2. The van der Waals surface area contributed by atoms with E-state index < -0.39 is 11.4 Å². The van der Waals surface area contributed by atoms with E-state index in [1.54, 1.807) is 18.2 Å². The van der Waals surface area contributed by atoms with Crippen LogP contribution < -0.4 is 11.5 Å². The van der Waals surface area contributed by atoms with E-state index in [1.165, 1.54) is 0 Å². The van der Waals surface area contributed by atoms with Crippen LogP contribution in [0.4, 0.5) is 11.4 Å². The van der Waals surface area contributed by atoms with E-state index in [-0.39, 0.29) is 0 Å². The molecule has 0 aromatic heterocycles. The average Bonchev–Trinajstić information content (AvgIpc) is 2.83. The van der Waals surface area contributed by atoms with Gasteiger partial charge in [0.25, 0.3) is 0 Å². The zero-order chi connectivity index (χ0) is 11.1. The van der Waals surface area contributed by atoms with Crippen molar-refractivity contribution in [2.75, 3.05) is 11.5 Å². The van der Waals surface area contributed by atoms with Gasteiger partial charge in [0.1, 0.15) is 0 Å². The third-order valence-electron chi connectivity index (χ3n) is 2.89. The summed E-state index contributed by atoms with van der Waals surface area (Å²) in [5.74, 6) is -0.719. The molecule has 0 radical (unpaired) electrons. The minimum atomic E-state index is -0.719. The van der Waals surface area contributed by atoms with E-state index in [0.717, 1.165) is 18.4 Å². The van der Waals surface area contributed by atoms with E-state index in [4.69, 9.17) is 16.6 Å². The monoisotopic (exact) mass is 206 g/mol. The van der Waals surface area contributed by atoms with Crippen LogP contribution in [0.15, 0.2) is 18.2 Å². The molecule has 5 N–H and O–H groups in total. The van der Waals surface area contributed by atoms with Crippen molar-refractivity contribution >= 4 is 17.3 Å². The van der Waals surface area contributed by atoms with Crippen LogP contribution in [0.3, 0.4) is 0 Å². The summed E-state index contributed by atoms with van der Waals surface area (Å²) >= 11 is 0. The Morgan fingerprint density at radius 1 is 1.27 bits per heavy atom. The molecule has 1 aliphatic rings. The molecule has 4 nitrogen and oxygen atoms in total. The first-order valence-corrected chi connectivity index (χ1v) is 4.90. The van der Waals surface area contributed by atoms with Crippen LogP contribution in [0, 0.1) is 5.41 Å². The van der Waals surface area contributed by atoms with E-state index in [9.17, 15) is 4.79 Å². The summed E-state index contributed by atoms with van der Waals surface area (Å²) in [6, 6.07) is 5.25. The quantitative estimate of drug-likeness (QED) is 0.649. The molecular weight excluding hydrogens is 192 g/mol. The SMILES string of the molecule is Nc1cc(N)cc(CC2(C(=O)O)CC2)c1. The van der Waals surface area contributed by atoms with Gasteiger partial charge in [-0.1, -0.05) is 0 Å². The molecule has 0 atom stereocenters. The van der Waals surface area contributed by atoms with Crippen LogP contribution in [-0.2, 0) is 11.2 Å². The molecule has 0 spiro atoms. The van der Waals surface area contributed by atoms with Crippen molar-refractivity contribution < 1.29 is 9.90 Å². The van der Waals surface area contributed by atoms with Crippen molar-refractivity contribution in [3.05, 3.63) is 23.8 Å². The molecule has 0 aliphatic heterocycles. The molecule has 1 aliphatic carbocycles. The number of carboxylic acids is 1. The molecule has 0 bridgehead atoms. The van der Waals surface area contributed by atoms with E-state index in [1.807, 2.05) is 0 Å². The normalized spacial score (nSPS) is 17.3. The van der Waals surface area contributed by atoms with Gasteiger partial charge in [-0.3, -0.25) is 4.79 Å². The lowest BCUT2D eigenvalue weighted by Gasteiger charge is -2.10. The second kappa shape index (κ2) is 3.15. The maximum Gasteiger partial charge on any atom is 0.309 e. The van der Waals surface area contributed by atoms with Crippen LogP contribution in [0.2, 0.25) is 0 Å². The molecule has 1 aromatic rings. The zero-order valence-electron chi connectivity index (χ0n) is 8.36. The predicted molar refractivity (Wildman–Crippen MR) is 58.3 cm³/mol. The second-order valence-corrected chi connectivity index (χ2v) is 4.27. The van der Waals surface area contributed by atoms with Gasteiger partial charge in [-0.2, -0.15) is 0 Å². The van der Waals surface area contributed by atoms with Crippen molar-refractivity contribution in [1.29, 1.82) is 0 Å². The molecule has 0 amide bonds. The van der Waals surface area contributed by atoms with Crippen LogP contribution in [0.1, 0.15) is 18.4 Å². The van der Waals surface area contributed by atoms with Gasteiger partial charge >= 0.3 is 5.97 Å². The number of hydrogen-bond donors (Lipinski definition) is 3. The first-order valence-electron chi connectivity index (χ1n) is 4.90. The van der Waals surface area contributed by atoms with Gasteiger partial charge in [-0.05, 0) is 43.0 Å². The summed E-state index contributed by atoms with van der Waals surface area (Å²) in [7, 11) is 0. The molecular formula is C11H14N2O2. The van der Waals surface area contributed by atoms with Crippen LogP contribution in [0.5, 0.6) is 0 Å². The van der Waals surface area contributed by atoms with Crippen LogP contribution in [-0.4, -0.2) is 11.1 Å². The van der Waals surface area contributed by atoms with E-state index in [2.05, 4.69) is 0 Å². The minimum Gasteiger partial charge on any atom is -0.481 e. The van der Waals surface area contributed by atoms with Crippen molar-refractivity contribution in [1.82, 2.24) is 0 Å². The highest BCUT2D eigenvalue weighted by atomic mass is 16.4. The number of anilines is 2. The Morgan fingerprint density at radius 2 is 1.80 bits per heavy atom. The van der Waals surface area contributed by atoms with Crippen molar-refractivity contribution in [3.63, 3.8) is 0 Å². The molecule has 0 heterocycles. The maximum atomic E-state index is 11.0. The van der Waals surface area contributed by atoms with Crippen LogP contribution >= 0.6 is 0 Å². The number of rotatable bonds is 3. The summed E-state index contributed by atoms with van der Waals surface area (Å²) < 4.78 is 0. The Morgan fingerprint density at radius 3 is 2.20 bits per heavy atom. The molecule has 0 saturated heterocycles. The number of hydrogen-bond acceptors (Lipinski definition) is 3. The number of carboxylic acid groups (broad SMARTS) is 1. The molecule has 2 rings (SSSR count). The summed E-state index contributed by atoms with van der Waals surface area (Å²) in [6.45, 7) is 0. The third kappa shape index (κ3) is 1.88. The number of benzene rings is 1. The molecule has 1 fully saturated rings. The van der Waals surface area contributed by atoms with Gasteiger partial charge in [-0.25, -0.2) is 0 Å². The highest BCUT2D eigenvalue weighted by Crippen LogP contribution is 2.48. The van der Waals surface area contributed by atoms with Crippen molar-refractivity contribution in [2.24, 2.45) is 5.41 Å². The van der Waals surface area contributed by atoms with E-state index >= 15 is 0 Å². The van der Waals surface area contributed by atoms with E-state index in [0.29, 0.717) is 17.8 Å². The third-order valence-corrected chi connectivity index (χ3v) is 2.89. The maximum absolute atomic E-state index is 11.0. The highest BCUT2D eigenvalue weighted by Gasteiger charge is 2.49. The Kier molecular flexibility index (Phi) is 2.07. The fourth-order valence-electron chi connectivity index (χ4n) is 1.86. The van der Waals surface area contributed by atoms with Gasteiger partial charge < -0.3 is 16.6 Å². The molecule has 0 unspecified atom stereocenters. The summed E-state index contributed by atoms with van der Waals surface area (Å²) in [4.78, 5) is 11.0. The predicted octanol–water partition coefficient (Wildman–Crippen LogP) is 1.26. The van der Waals surface area contributed by atoms with Gasteiger partial charge in [0.05, 0.1) is 5.41 Å². The Labute approximate surface area is 87.9 Å². The molecule has 1 saturated carbocycles. The van der Waals surface area contributed by atoms with Gasteiger partial charge in [0.15, 0.2) is 0 Å². The lowest BCUT2D eigenvalue weighted by molar-refractivity contribution is -0.143. The van der Waals surface area contributed by atoms with Crippen molar-refractivity contribution in [3.8, 4) is 0 Å². The smallest absolute Gasteiger partial charge is 0.309 e. The second-order valence-electron chi connectivity index (χ2n) is 4.27. The summed E-state index contributed by atoms with van der Waals surface area (Å²) in [6.07, 6.45) is 2.02. The first kappa shape index (κ1) is 9.83. The zero-order valence-corrected chi connectivity index (χ0v) is 8.36. The fraction of sp³-hybridized carbons (Fsp3) is 0.364. The average molecular weight is 206 g/mol. The fourth-order valence-corrected chi connectivity index (χ4v) is 1.86. The topological polar surface area (TPSA) is 89.3 Å². The molecule has 1 aromatic carbocycles. The Hall–Kier alpha value is -1.71. The van der Waals surface area contributed by atoms with Crippen molar-refractivity contribution in [2.45, 2.75) is 19.3 Å². The summed E-state index contributed by atoms with van der Waals surface area (Å²) in [5.41, 5.74) is 12.8. The molecule has 4 heteroatoms. The first-order chi connectivity index (χ1) is 7.02. The molecule has 80 valence electrons. The standard InChI is InChI=1S/C11H14N2O2/c12-8-3-7(4-9(13)5-8)6-11(1-2-11)10(14)15/h3-5H,1-2,6,12-13H2,(H,14,15). The molecule has 15 heavy (non-hydrogen) atoms. The van der Waals surface area contributed by atoms with Gasteiger partial charge in [0.2, 0.25) is 0 Å². The largest absolute Gasteiger partial charge is 0.481 e. The Balaban J connectivity index is 2.21. The number of carbonyl (C=O) groups is 1. The number of nitrogen functional groups attached to an aromatic ring is 2. The Bertz CT molecular complexity index is 391. The van der Waals surface area contributed by atoms with Gasteiger partial charge in [-0.15, -0.1) is 0 Å². The van der Waals surface area contributed by atoms with Gasteiger partial charge in [0, 0.05) is 11.4 Å². The van der Waals surface area contributed by atoms with Crippen LogP contribution in [0.25, 0.3) is 0 Å². The lowest BCUT2D eigenvalue weighted by atomic mass is 9.96. The minimum absolute atomic E-state index is 0.525. The lowest BCUT2D eigenvalue weighted by Crippen LogP contribution is -2.17. The summed E-state index contributed by atoms with van der Waals surface area (Å²) in [5, 5.41) is 9.04. The highest BCUT2D eigenvalue weighted by molar-refractivity contribution is 5.78. The number of aliphatic carboxylic acids is 1.